The Kier molecular flexibility index (Phi) is 4.17. The second-order valence-corrected chi connectivity index (χ2v) is 6.31. The second kappa shape index (κ2) is 5.63. The number of amides is 2. The number of aromatic nitrogens is 1. The molecule has 1 aliphatic rings. The van der Waals surface area contributed by atoms with Gasteiger partial charge in [-0.2, -0.15) is 0 Å². The molecule has 4 nitrogen and oxygen atoms in total. The van der Waals surface area contributed by atoms with Gasteiger partial charge in [0.25, 0.3) is 0 Å². The van der Waals surface area contributed by atoms with E-state index in [0.29, 0.717) is 11.2 Å². The number of halogens is 1. The first-order chi connectivity index (χ1) is 7.74. The van der Waals surface area contributed by atoms with E-state index in [1.54, 1.807) is 6.20 Å². The normalized spacial score (nSPS) is 17.1. The number of urea groups is 1. The quantitative estimate of drug-likeness (QED) is 0.880. The van der Waals surface area contributed by atoms with Gasteiger partial charge in [0.2, 0.25) is 0 Å². The average molecular weight is 304 g/mol. The summed E-state index contributed by atoms with van der Waals surface area (Å²) in [7, 11) is 0. The van der Waals surface area contributed by atoms with Gasteiger partial charge in [0.15, 0.2) is 5.13 Å². The summed E-state index contributed by atoms with van der Waals surface area (Å²) in [6.07, 6.45) is 7.59. The first kappa shape index (κ1) is 11.9. The van der Waals surface area contributed by atoms with Gasteiger partial charge in [-0.25, -0.2) is 9.78 Å². The van der Waals surface area contributed by atoms with Crippen LogP contribution in [0.15, 0.2) is 9.98 Å². The van der Waals surface area contributed by atoms with Gasteiger partial charge in [0.05, 0.1) is 9.98 Å². The van der Waals surface area contributed by atoms with Crippen LogP contribution in [0.25, 0.3) is 0 Å². The van der Waals surface area contributed by atoms with Gasteiger partial charge in [0, 0.05) is 6.04 Å². The van der Waals surface area contributed by atoms with E-state index >= 15 is 0 Å². The SMILES string of the molecule is O=C(Nc1ncc(Br)s1)NC1CCCCC1. The number of hydrogen-bond donors (Lipinski definition) is 2. The summed E-state index contributed by atoms with van der Waals surface area (Å²) in [5.74, 6) is 0. The molecule has 6 heteroatoms. The molecule has 2 rings (SSSR count). The fourth-order valence-corrected chi connectivity index (χ4v) is 2.98. The highest BCUT2D eigenvalue weighted by Gasteiger charge is 2.15. The Bertz CT molecular complexity index is 363. The van der Waals surface area contributed by atoms with Gasteiger partial charge < -0.3 is 5.32 Å². The highest BCUT2D eigenvalue weighted by Crippen LogP contribution is 2.23. The minimum absolute atomic E-state index is 0.145. The molecule has 0 radical (unpaired) electrons. The number of rotatable bonds is 2. The Labute approximate surface area is 107 Å². The Hall–Kier alpha value is -0.620. The van der Waals surface area contributed by atoms with Crippen LogP contribution in [-0.4, -0.2) is 17.1 Å². The Morgan fingerprint density at radius 1 is 1.44 bits per heavy atom. The lowest BCUT2D eigenvalue weighted by atomic mass is 9.96. The van der Waals surface area contributed by atoms with Crippen molar-refractivity contribution in [2.24, 2.45) is 0 Å². The number of carbonyl (C=O) groups is 1. The van der Waals surface area contributed by atoms with Crippen LogP contribution in [-0.2, 0) is 0 Å². The van der Waals surface area contributed by atoms with Gasteiger partial charge in [-0.1, -0.05) is 30.6 Å². The first-order valence-corrected chi connectivity index (χ1v) is 7.04. The summed E-state index contributed by atoms with van der Waals surface area (Å²) in [6, 6.07) is 0.186. The van der Waals surface area contributed by atoms with E-state index < -0.39 is 0 Å². The number of hydrogen-bond acceptors (Lipinski definition) is 3. The molecule has 1 aromatic rings. The average Bonchev–Trinajstić information content (AvgIpc) is 2.65. The predicted molar refractivity (Wildman–Crippen MR) is 68.8 cm³/mol. The maximum absolute atomic E-state index is 11.6. The molecule has 0 aliphatic heterocycles. The van der Waals surface area contributed by atoms with Crippen molar-refractivity contribution >= 4 is 38.4 Å². The van der Waals surface area contributed by atoms with Crippen molar-refractivity contribution in [3.63, 3.8) is 0 Å². The summed E-state index contributed by atoms with van der Waals surface area (Å²) in [5.41, 5.74) is 0. The van der Waals surface area contributed by atoms with Crippen molar-refractivity contribution in [1.82, 2.24) is 10.3 Å². The molecule has 2 N–H and O–H groups in total. The van der Waals surface area contributed by atoms with Crippen LogP contribution >= 0.6 is 27.3 Å². The van der Waals surface area contributed by atoms with Crippen LogP contribution in [0.1, 0.15) is 32.1 Å². The molecule has 0 unspecified atom stereocenters. The van der Waals surface area contributed by atoms with Gasteiger partial charge >= 0.3 is 6.03 Å². The Morgan fingerprint density at radius 2 is 2.19 bits per heavy atom. The molecular weight excluding hydrogens is 290 g/mol. The highest BCUT2D eigenvalue weighted by molar-refractivity contribution is 9.11. The minimum Gasteiger partial charge on any atom is -0.335 e. The summed E-state index contributed by atoms with van der Waals surface area (Å²) in [6.45, 7) is 0. The zero-order valence-electron chi connectivity index (χ0n) is 8.83. The number of anilines is 1. The van der Waals surface area contributed by atoms with E-state index in [0.717, 1.165) is 16.6 Å². The minimum atomic E-state index is -0.145. The number of carbonyl (C=O) groups excluding carboxylic acids is 1. The van der Waals surface area contributed by atoms with Gasteiger partial charge in [-0.15, -0.1) is 0 Å². The van der Waals surface area contributed by atoms with Crippen molar-refractivity contribution in [2.75, 3.05) is 5.32 Å². The van der Waals surface area contributed by atoms with Crippen LogP contribution in [0.4, 0.5) is 9.93 Å². The Balaban J connectivity index is 1.79. The molecular formula is C10H14BrN3OS. The molecule has 1 aliphatic carbocycles. The van der Waals surface area contributed by atoms with E-state index in [9.17, 15) is 4.79 Å². The standard InChI is InChI=1S/C10H14BrN3OS/c11-8-6-12-10(16-8)14-9(15)13-7-4-2-1-3-5-7/h6-7H,1-5H2,(H2,12,13,14,15). The van der Waals surface area contributed by atoms with Crippen molar-refractivity contribution in [2.45, 2.75) is 38.1 Å². The molecule has 1 fully saturated rings. The van der Waals surface area contributed by atoms with Gasteiger partial charge in [0.1, 0.15) is 0 Å². The smallest absolute Gasteiger partial charge is 0.321 e. The summed E-state index contributed by atoms with van der Waals surface area (Å²) >= 11 is 4.72. The third-order valence-corrected chi connectivity index (χ3v) is 4.03. The molecule has 0 spiro atoms. The van der Waals surface area contributed by atoms with Crippen LogP contribution in [0.5, 0.6) is 0 Å². The van der Waals surface area contributed by atoms with Crippen molar-refractivity contribution in [3.8, 4) is 0 Å². The molecule has 0 saturated heterocycles. The van der Waals surface area contributed by atoms with E-state index in [4.69, 9.17) is 0 Å². The highest BCUT2D eigenvalue weighted by atomic mass is 79.9. The molecule has 1 aromatic heterocycles. The monoisotopic (exact) mass is 303 g/mol. The van der Waals surface area contributed by atoms with Crippen LogP contribution in [0.2, 0.25) is 0 Å². The number of nitrogens with zero attached hydrogens (tertiary/aromatic N) is 1. The van der Waals surface area contributed by atoms with Gasteiger partial charge in [-0.05, 0) is 28.8 Å². The fourth-order valence-electron chi connectivity index (χ4n) is 1.88. The van der Waals surface area contributed by atoms with E-state index in [-0.39, 0.29) is 6.03 Å². The Morgan fingerprint density at radius 3 is 2.81 bits per heavy atom. The third-order valence-electron chi connectivity index (χ3n) is 2.64. The molecule has 1 heterocycles. The molecule has 88 valence electrons. The number of thiazole rings is 1. The zero-order chi connectivity index (χ0) is 11.4. The maximum atomic E-state index is 11.6. The molecule has 0 atom stereocenters. The lowest BCUT2D eigenvalue weighted by Crippen LogP contribution is -2.38. The number of nitrogens with one attached hydrogen (secondary N) is 2. The van der Waals surface area contributed by atoms with Crippen molar-refractivity contribution in [3.05, 3.63) is 9.98 Å². The zero-order valence-corrected chi connectivity index (χ0v) is 11.2. The summed E-state index contributed by atoms with van der Waals surface area (Å²) in [5, 5.41) is 6.34. The van der Waals surface area contributed by atoms with Crippen LogP contribution < -0.4 is 10.6 Å². The van der Waals surface area contributed by atoms with Crippen molar-refractivity contribution < 1.29 is 4.79 Å². The second-order valence-electron chi connectivity index (χ2n) is 3.90. The third kappa shape index (κ3) is 3.45. The van der Waals surface area contributed by atoms with Crippen LogP contribution in [0, 0.1) is 0 Å². The van der Waals surface area contributed by atoms with E-state index in [2.05, 4.69) is 31.5 Å². The van der Waals surface area contributed by atoms with E-state index in [1.807, 2.05) is 0 Å². The van der Waals surface area contributed by atoms with Gasteiger partial charge in [-0.3, -0.25) is 5.32 Å². The molecule has 16 heavy (non-hydrogen) atoms. The fraction of sp³-hybridized carbons (Fsp3) is 0.600. The molecule has 0 bridgehead atoms. The van der Waals surface area contributed by atoms with Crippen LogP contribution in [0.3, 0.4) is 0 Å². The first-order valence-electron chi connectivity index (χ1n) is 5.43. The molecule has 2 amide bonds. The summed E-state index contributed by atoms with van der Waals surface area (Å²) < 4.78 is 0.917. The molecule has 1 saturated carbocycles. The van der Waals surface area contributed by atoms with Crippen molar-refractivity contribution in [1.29, 1.82) is 0 Å². The lowest BCUT2D eigenvalue weighted by Gasteiger charge is -2.22. The lowest BCUT2D eigenvalue weighted by molar-refractivity contribution is 0.244. The largest absolute Gasteiger partial charge is 0.335 e. The predicted octanol–water partition coefficient (Wildman–Crippen LogP) is 3.36. The molecule has 0 aromatic carbocycles. The summed E-state index contributed by atoms with van der Waals surface area (Å²) in [4.78, 5) is 15.7. The van der Waals surface area contributed by atoms with E-state index in [1.165, 1.54) is 30.6 Å². The topological polar surface area (TPSA) is 54.0 Å². The maximum Gasteiger partial charge on any atom is 0.321 e.